The molecule has 0 amide bonds. The number of phenols is 3. The molecule has 0 unspecified atom stereocenters. The van der Waals surface area contributed by atoms with Crippen molar-refractivity contribution in [1.82, 2.24) is 5.32 Å². The second-order valence-electron chi connectivity index (χ2n) is 12.0. The molecule has 0 spiro atoms. The molecule has 3 aromatic rings. The number of carbonyl (C=O) groups excluding carboxylic acids is 1. The van der Waals surface area contributed by atoms with Crippen LogP contribution < -0.4 is 10.1 Å². The summed E-state index contributed by atoms with van der Waals surface area (Å²) in [5, 5.41) is 45.0. The minimum Gasteiger partial charge on any atom is -0.504 e. The largest absolute Gasteiger partial charge is 0.504 e. The fraction of sp³-hybridized carbons (Fsp3) is 0.457. The average Bonchev–Trinajstić information content (AvgIpc) is 2.97. The summed E-state index contributed by atoms with van der Waals surface area (Å²) in [7, 11) is 3.45. The van der Waals surface area contributed by atoms with Gasteiger partial charge < -0.3 is 30.5 Å². The lowest BCUT2D eigenvalue weighted by atomic mass is 9.63. The van der Waals surface area contributed by atoms with Gasteiger partial charge in [0.1, 0.15) is 5.78 Å². The van der Waals surface area contributed by atoms with Crippen molar-refractivity contribution in [3.63, 3.8) is 0 Å². The van der Waals surface area contributed by atoms with Gasteiger partial charge in [-0.2, -0.15) is 0 Å². The van der Waals surface area contributed by atoms with Crippen LogP contribution >= 0.6 is 0 Å². The molecule has 7 nitrogen and oxygen atoms in total. The summed E-state index contributed by atoms with van der Waals surface area (Å²) in [5.41, 5.74) is 2.60. The van der Waals surface area contributed by atoms with Gasteiger partial charge in [0.05, 0.1) is 13.2 Å². The Morgan fingerprint density at radius 3 is 2.48 bits per heavy atom. The van der Waals surface area contributed by atoms with Crippen molar-refractivity contribution in [1.29, 1.82) is 0 Å². The molecule has 3 aromatic carbocycles. The summed E-state index contributed by atoms with van der Waals surface area (Å²) in [6.45, 7) is 0.861. The Hall–Kier alpha value is -3.55. The first kappa shape index (κ1) is 31.4. The quantitative estimate of drug-likeness (QED) is 0.150. The lowest BCUT2D eigenvalue weighted by Crippen LogP contribution is -2.39. The first-order valence-electron chi connectivity index (χ1n) is 15.0. The minimum atomic E-state index is -0.842. The van der Waals surface area contributed by atoms with Gasteiger partial charge in [-0.25, -0.2) is 0 Å². The van der Waals surface area contributed by atoms with Crippen molar-refractivity contribution >= 4 is 5.78 Å². The van der Waals surface area contributed by atoms with Crippen LogP contribution in [0.5, 0.6) is 23.0 Å². The Bertz CT molecular complexity index is 1310. The monoisotopic (exact) mass is 575 g/mol. The number of rotatable bonds is 14. The summed E-state index contributed by atoms with van der Waals surface area (Å²) >= 11 is 0. The van der Waals surface area contributed by atoms with E-state index in [0.29, 0.717) is 18.1 Å². The van der Waals surface area contributed by atoms with E-state index in [2.05, 4.69) is 17.4 Å². The number of phenolic OH excluding ortho intramolecular Hbond substituents is 3. The summed E-state index contributed by atoms with van der Waals surface area (Å²) in [5.74, 6) is 0.389. The third-order valence-corrected chi connectivity index (χ3v) is 8.89. The highest BCUT2D eigenvalue weighted by atomic mass is 16.5. The van der Waals surface area contributed by atoms with Gasteiger partial charge in [-0.15, -0.1) is 0 Å². The van der Waals surface area contributed by atoms with E-state index in [1.54, 1.807) is 18.2 Å². The number of benzene rings is 3. The molecular formula is C35H45NO6. The summed E-state index contributed by atoms with van der Waals surface area (Å²) in [4.78, 5) is 13.5. The maximum absolute atomic E-state index is 13.5. The number of aliphatic hydroxyl groups excluding tert-OH is 1. The molecule has 0 aliphatic heterocycles. The first-order chi connectivity index (χ1) is 20.2. The van der Waals surface area contributed by atoms with Crippen molar-refractivity contribution in [3.8, 4) is 23.0 Å². The SMILES string of the molecule is CNC[C@H]1CCC[C@@](C[C@@H](O)CC(=O)C[C@H](CCc2ccccc2)c2ccc(O)c(OC)c2)(c2ccc(O)c(O)c2)C1. The average molecular weight is 576 g/mol. The number of carbonyl (C=O) groups is 1. The Kier molecular flexibility index (Phi) is 10.9. The normalized spacial score (nSPS) is 20.1. The second kappa shape index (κ2) is 14.6. The highest BCUT2D eigenvalue weighted by molar-refractivity contribution is 5.79. The fourth-order valence-corrected chi connectivity index (χ4v) is 6.83. The number of ketones is 1. The van der Waals surface area contributed by atoms with Crippen molar-refractivity contribution < 1.29 is 30.0 Å². The Labute approximate surface area is 249 Å². The molecule has 0 bridgehead atoms. The van der Waals surface area contributed by atoms with Crippen LogP contribution in [0.15, 0.2) is 66.7 Å². The number of aromatic hydroxyl groups is 3. The molecule has 0 saturated heterocycles. The topological polar surface area (TPSA) is 119 Å². The lowest BCUT2D eigenvalue weighted by Gasteiger charge is -2.43. The summed E-state index contributed by atoms with van der Waals surface area (Å²) in [6, 6.07) is 20.3. The minimum absolute atomic E-state index is 0.0149. The molecule has 1 aliphatic carbocycles. The molecule has 0 heterocycles. The van der Waals surface area contributed by atoms with Crippen LogP contribution in [0.2, 0.25) is 0 Å². The number of ether oxygens (including phenoxy) is 1. The molecule has 1 aliphatic rings. The van der Waals surface area contributed by atoms with Gasteiger partial charge in [0.15, 0.2) is 23.0 Å². The standard InChI is InChI=1S/C35H45NO6/c1-36-23-25-9-6-16-35(21-25,28-13-15-31(39)33(41)19-28)22-30(38)20-29(37)17-26(11-10-24-7-4-3-5-8-24)27-12-14-32(40)34(18-27)42-2/h3-5,7-8,12-15,18-19,25-26,30,36,38-41H,6,9-11,16-17,20-23H2,1-2H3/t25-,26-,30-,35+/m0/s1. The van der Waals surface area contributed by atoms with Crippen LogP contribution in [-0.2, 0) is 16.6 Å². The number of hydrogen-bond donors (Lipinski definition) is 5. The van der Waals surface area contributed by atoms with Gasteiger partial charge >= 0.3 is 0 Å². The van der Waals surface area contributed by atoms with E-state index >= 15 is 0 Å². The first-order valence-corrected chi connectivity index (χ1v) is 15.0. The van der Waals surface area contributed by atoms with E-state index in [9.17, 15) is 25.2 Å². The van der Waals surface area contributed by atoms with Crippen LogP contribution in [0, 0.1) is 5.92 Å². The predicted octanol–water partition coefficient (Wildman–Crippen LogP) is 5.98. The summed E-state index contributed by atoms with van der Waals surface area (Å²) in [6.07, 6.45) is 5.15. The third-order valence-electron chi connectivity index (χ3n) is 8.89. The van der Waals surface area contributed by atoms with Gasteiger partial charge in [0.25, 0.3) is 0 Å². The van der Waals surface area contributed by atoms with Crippen LogP contribution in [0.25, 0.3) is 0 Å². The Morgan fingerprint density at radius 2 is 1.76 bits per heavy atom. The van der Waals surface area contributed by atoms with Gasteiger partial charge in [0.2, 0.25) is 0 Å². The highest BCUT2D eigenvalue weighted by Crippen LogP contribution is 2.47. The van der Waals surface area contributed by atoms with Gasteiger partial charge in [-0.05, 0) is 110 Å². The van der Waals surface area contributed by atoms with E-state index in [1.165, 1.54) is 18.7 Å². The van der Waals surface area contributed by atoms with E-state index < -0.39 is 11.5 Å². The number of aliphatic hydroxyl groups is 1. The molecule has 0 aromatic heterocycles. The molecule has 42 heavy (non-hydrogen) atoms. The Balaban J connectivity index is 1.50. The number of nitrogens with one attached hydrogen (secondary N) is 1. The molecule has 7 heteroatoms. The molecule has 1 saturated carbocycles. The smallest absolute Gasteiger partial charge is 0.160 e. The van der Waals surface area contributed by atoms with E-state index in [4.69, 9.17) is 4.74 Å². The van der Waals surface area contributed by atoms with Gasteiger partial charge in [0, 0.05) is 12.8 Å². The molecule has 0 radical (unpaired) electrons. The van der Waals surface area contributed by atoms with E-state index in [0.717, 1.165) is 56.2 Å². The maximum atomic E-state index is 13.5. The number of Topliss-reactive ketones (excluding diaryl/α,β-unsaturated/α-hetero) is 1. The van der Waals surface area contributed by atoms with Crippen molar-refractivity contribution in [2.24, 2.45) is 5.92 Å². The molecule has 4 atom stereocenters. The van der Waals surface area contributed by atoms with Gasteiger partial charge in [-0.1, -0.05) is 48.9 Å². The van der Waals surface area contributed by atoms with E-state index in [-0.39, 0.29) is 41.8 Å². The zero-order valence-electron chi connectivity index (χ0n) is 24.8. The molecular weight excluding hydrogens is 530 g/mol. The zero-order chi connectivity index (χ0) is 30.1. The molecule has 4 rings (SSSR count). The number of methoxy groups -OCH3 is 1. The predicted molar refractivity (Wildman–Crippen MR) is 164 cm³/mol. The highest BCUT2D eigenvalue weighted by Gasteiger charge is 2.40. The van der Waals surface area contributed by atoms with Crippen molar-refractivity contribution in [2.75, 3.05) is 20.7 Å². The molecule has 1 fully saturated rings. The second-order valence-corrected chi connectivity index (χ2v) is 12.0. The lowest BCUT2D eigenvalue weighted by molar-refractivity contribution is -0.121. The number of aryl methyl sites for hydroxylation is 1. The van der Waals surface area contributed by atoms with Crippen LogP contribution in [0.3, 0.4) is 0 Å². The van der Waals surface area contributed by atoms with E-state index in [1.807, 2.05) is 37.4 Å². The molecule has 226 valence electrons. The summed E-state index contributed by atoms with van der Waals surface area (Å²) < 4.78 is 5.33. The zero-order valence-corrected chi connectivity index (χ0v) is 24.8. The maximum Gasteiger partial charge on any atom is 0.160 e. The van der Waals surface area contributed by atoms with Crippen molar-refractivity contribution in [2.45, 2.75) is 75.2 Å². The van der Waals surface area contributed by atoms with Crippen LogP contribution in [-0.4, -0.2) is 53.0 Å². The Morgan fingerprint density at radius 1 is 1.00 bits per heavy atom. The number of hydrogen-bond acceptors (Lipinski definition) is 7. The van der Waals surface area contributed by atoms with Crippen LogP contribution in [0.4, 0.5) is 0 Å². The fourth-order valence-electron chi connectivity index (χ4n) is 6.83. The molecule has 5 N–H and O–H groups in total. The van der Waals surface area contributed by atoms with Crippen molar-refractivity contribution in [3.05, 3.63) is 83.4 Å². The van der Waals surface area contributed by atoms with Gasteiger partial charge in [-0.3, -0.25) is 4.79 Å². The third kappa shape index (κ3) is 8.05. The van der Waals surface area contributed by atoms with Crippen LogP contribution in [0.1, 0.15) is 74.0 Å².